The molecule has 33 heavy (non-hydrogen) atoms. The lowest BCUT2D eigenvalue weighted by atomic mass is 10.1. The van der Waals surface area contributed by atoms with Gasteiger partial charge >= 0.3 is 6.03 Å². The summed E-state index contributed by atoms with van der Waals surface area (Å²) in [5.41, 5.74) is 7.74. The number of amides is 3. The van der Waals surface area contributed by atoms with Crippen molar-refractivity contribution in [3.8, 4) is 0 Å². The molecule has 4 rings (SSSR count). The number of fused-ring (bicyclic) bond motifs is 1. The van der Waals surface area contributed by atoms with E-state index in [2.05, 4.69) is 15.2 Å². The summed E-state index contributed by atoms with van der Waals surface area (Å²) in [6, 6.07) is 6.65. The van der Waals surface area contributed by atoms with Gasteiger partial charge in [-0.25, -0.2) is 9.78 Å². The standard InChI is InChI=1S/C23H31ClN6O3/c1-15(31)14-30-7-3-2-4-18(22(30)32)27-23(33)29-10-8-28(9-11-29)20-13-21(25)26-19-12-16(24)5-6-17(19)20/h5-6,12-13,15,18,31H,2-4,7-11,14H2,1H3,(H2,25,26)(H,27,33). The molecule has 0 spiro atoms. The molecule has 0 saturated carbocycles. The summed E-state index contributed by atoms with van der Waals surface area (Å²) in [4.78, 5) is 35.8. The number of nitrogens with two attached hydrogens (primary N) is 1. The average molecular weight is 475 g/mol. The maximum Gasteiger partial charge on any atom is 0.318 e. The molecule has 0 aliphatic carbocycles. The average Bonchev–Trinajstić information content (AvgIpc) is 2.94. The first-order valence-electron chi connectivity index (χ1n) is 11.4. The molecule has 2 unspecified atom stereocenters. The van der Waals surface area contributed by atoms with Gasteiger partial charge in [0, 0.05) is 61.4 Å². The fourth-order valence-corrected chi connectivity index (χ4v) is 4.76. The number of nitrogens with one attached hydrogen (secondary N) is 1. The molecule has 2 aromatic rings. The summed E-state index contributed by atoms with van der Waals surface area (Å²) >= 11 is 6.11. The fraction of sp³-hybridized carbons (Fsp3) is 0.522. The lowest BCUT2D eigenvalue weighted by Crippen LogP contribution is -2.56. The first kappa shape index (κ1) is 23.4. The van der Waals surface area contributed by atoms with Gasteiger partial charge < -0.3 is 30.9 Å². The van der Waals surface area contributed by atoms with Crippen LogP contribution in [0.3, 0.4) is 0 Å². The minimum atomic E-state index is -0.592. The highest BCUT2D eigenvalue weighted by Gasteiger charge is 2.31. The van der Waals surface area contributed by atoms with E-state index in [0.717, 1.165) is 29.4 Å². The third kappa shape index (κ3) is 5.42. The molecule has 2 atom stereocenters. The van der Waals surface area contributed by atoms with Gasteiger partial charge in [-0.15, -0.1) is 0 Å². The number of nitrogens with zero attached hydrogens (tertiary/aromatic N) is 4. The van der Waals surface area contributed by atoms with Crippen molar-refractivity contribution in [2.24, 2.45) is 0 Å². The van der Waals surface area contributed by atoms with E-state index in [-0.39, 0.29) is 18.5 Å². The van der Waals surface area contributed by atoms with Crippen LogP contribution >= 0.6 is 11.6 Å². The van der Waals surface area contributed by atoms with E-state index < -0.39 is 12.1 Å². The molecule has 2 aliphatic rings. The Balaban J connectivity index is 1.39. The molecule has 3 heterocycles. The Kier molecular flexibility index (Phi) is 7.09. The molecule has 1 aromatic carbocycles. The maximum absolute atomic E-state index is 12.9. The predicted octanol–water partition coefficient (Wildman–Crippen LogP) is 2.06. The number of likely N-dealkylation sites (tertiary alicyclic amines) is 1. The van der Waals surface area contributed by atoms with E-state index in [4.69, 9.17) is 17.3 Å². The first-order chi connectivity index (χ1) is 15.8. The number of piperazine rings is 1. The Morgan fingerprint density at radius 3 is 2.73 bits per heavy atom. The second-order valence-corrected chi connectivity index (χ2v) is 9.27. The number of carbonyl (C=O) groups is 2. The van der Waals surface area contributed by atoms with Gasteiger partial charge in [-0.2, -0.15) is 0 Å². The molecule has 0 bridgehead atoms. The number of aliphatic hydroxyl groups is 1. The molecule has 4 N–H and O–H groups in total. The molecular formula is C23H31ClN6O3. The van der Waals surface area contributed by atoms with Crippen molar-refractivity contribution in [2.45, 2.75) is 38.3 Å². The Hall–Kier alpha value is -2.78. The number of rotatable bonds is 4. The molecule has 2 aliphatic heterocycles. The Labute approximate surface area is 198 Å². The number of pyridine rings is 1. The number of benzene rings is 1. The van der Waals surface area contributed by atoms with E-state index in [1.165, 1.54) is 0 Å². The molecule has 10 heteroatoms. The monoisotopic (exact) mass is 474 g/mol. The third-order valence-electron chi connectivity index (χ3n) is 6.24. The number of β-amino-alcohol motifs (C(OH)–C–C–N with tert-alkyl or cyclic N) is 1. The minimum absolute atomic E-state index is 0.113. The number of urea groups is 1. The molecule has 9 nitrogen and oxygen atoms in total. The van der Waals surface area contributed by atoms with Crippen LogP contribution in [0.2, 0.25) is 5.02 Å². The number of anilines is 2. The summed E-state index contributed by atoms with van der Waals surface area (Å²) < 4.78 is 0. The van der Waals surface area contributed by atoms with E-state index >= 15 is 0 Å². The first-order valence-corrected chi connectivity index (χ1v) is 11.8. The van der Waals surface area contributed by atoms with Gasteiger partial charge in [0.25, 0.3) is 0 Å². The van der Waals surface area contributed by atoms with Crippen molar-refractivity contribution < 1.29 is 14.7 Å². The second-order valence-electron chi connectivity index (χ2n) is 8.83. The van der Waals surface area contributed by atoms with Gasteiger partial charge in [-0.3, -0.25) is 4.79 Å². The Morgan fingerprint density at radius 1 is 1.24 bits per heavy atom. The SMILES string of the molecule is CC(O)CN1CCCCC(NC(=O)N2CCN(c3cc(N)nc4cc(Cl)ccc34)CC2)C1=O. The number of hydrogen-bond donors (Lipinski definition) is 3. The zero-order valence-electron chi connectivity index (χ0n) is 18.8. The number of aliphatic hydroxyl groups excluding tert-OH is 1. The van der Waals surface area contributed by atoms with Crippen molar-refractivity contribution in [1.29, 1.82) is 0 Å². The highest BCUT2D eigenvalue weighted by Crippen LogP contribution is 2.30. The van der Waals surface area contributed by atoms with E-state index in [0.29, 0.717) is 50.0 Å². The highest BCUT2D eigenvalue weighted by atomic mass is 35.5. The topological polar surface area (TPSA) is 115 Å². The van der Waals surface area contributed by atoms with Crippen LogP contribution < -0.4 is 16.0 Å². The van der Waals surface area contributed by atoms with Crippen LogP contribution in [0.25, 0.3) is 10.9 Å². The molecule has 2 saturated heterocycles. The van der Waals surface area contributed by atoms with Crippen LogP contribution in [0.5, 0.6) is 0 Å². The minimum Gasteiger partial charge on any atom is -0.392 e. The quantitative estimate of drug-likeness (QED) is 0.624. The number of carbonyl (C=O) groups excluding carboxylic acids is 2. The summed E-state index contributed by atoms with van der Waals surface area (Å²) in [5, 5.41) is 14.2. The lowest BCUT2D eigenvalue weighted by Gasteiger charge is -2.37. The van der Waals surface area contributed by atoms with E-state index in [1.807, 2.05) is 18.2 Å². The zero-order chi connectivity index (χ0) is 23.5. The predicted molar refractivity (Wildman–Crippen MR) is 129 cm³/mol. The van der Waals surface area contributed by atoms with Gasteiger partial charge in [0.1, 0.15) is 11.9 Å². The number of aromatic nitrogens is 1. The van der Waals surface area contributed by atoms with Crippen LogP contribution in [-0.4, -0.2) is 83.2 Å². The van der Waals surface area contributed by atoms with Gasteiger partial charge in [-0.1, -0.05) is 11.6 Å². The Bertz CT molecular complexity index is 1020. The van der Waals surface area contributed by atoms with Gasteiger partial charge in [0.2, 0.25) is 5.91 Å². The fourth-order valence-electron chi connectivity index (χ4n) is 4.59. The van der Waals surface area contributed by atoms with Crippen LogP contribution in [0.15, 0.2) is 24.3 Å². The van der Waals surface area contributed by atoms with Crippen LogP contribution in [0, 0.1) is 0 Å². The third-order valence-corrected chi connectivity index (χ3v) is 6.48. The summed E-state index contributed by atoms with van der Waals surface area (Å²) in [7, 11) is 0. The van der Waals surface area contributed by atoms with Crippen LogP contribution in [-0.2, 0) is 4.79 Å². The summed E-state index contributed by atoms with van der Waals surface area (Å²) in [5.74, 6) is 0.311. The molecular weight excluding hydrogens is 444 g/mol. The second kappa shape index (κ2) is 10.0. The molecule has 0 radical (unpaired) electrons. The van der Waals surface area contributed by atoms with Gasteiger partial charge in [-0.05, 0) is 44.4 Å². The largest absolute Gasteiger partial charge is 0.392 e. The normalized spacial score (nSPS) is 20.6. The zero-order valence-corrected chi connectivity index (χ0v) is 19.6. The van der Waals surface area contributed by atoms with Crippen LogP contribution in [0.4, 0.5) is 16.3 Å². The molecule has 178 valence electrons. The maximum atomic E-state index is 12.9. The van der Waals surface area contributed by atoms with Crippen molar-refractivity contribution in [1.82, 2.24) is 20.1 Å². The number of nitrogen functional groups attached to an aromatic ring is 1. The Morgan fingerprint density at radius 2 is 2.00 bits per heavy atom. The van der Waals surface area contributed by atoms with E-state index in [9.17, 15) is 14.7 Å². The molecule has 3 amide bonds. The van der Waals surface area contributed by atoms with E-state index in [1.54, 1.807) is 22.8 Å². The smallest absolute Gasteiger partial charge is 0.318 e. The molecule has 2 fully saturated rings. The molecule has 1 aromatic heterocycles. The van der Waals surface area contributed by atoms with Crippen LogP contribution in [0.1, 0.15) is 26.2 Å². The van der Waals surface area contributed by atoms with Crippen molar-refractivity contribution >= 4 is 45.9 Å². The van der Waals surface area contributed by atoms with Gasteiger partial charge in [0.15, 0.2) is 0 Å². The van der Waals surface area contributed by atoms with Crippen molar-refractivity contribution in [3.63, 3.8) is 0 Å². The number of halogens is 1. The summed E-state index contributed by atoms with van der Waals surface area (Å²) in [6.45, 7) is 4.91. The summed E-state index contributed by atoms with van der Waals surface area (Å²) in [6.07, 6.45) is 1.76. The van der Waals surface area contributed by atoms with Crippen molar-refractivity contribution in [3.05, 3.63) is 29.3 Å². The lowest BCUT2D eigenvalue weighted by molar-refractivity contribution is -0.134. The van der Waals surface area contributed by atoms with Gasteiger partial charge in [0.05, 0.1) is 11.6 Å². The van der Waals surface area contributed by atoms with Crippen molar-refractivity contribution in [2.75, 3.05) is 49.9 Å². The highest BCUT2D eigenvalue weighted by molar-refractivity contribution is 6.31. The number of hydrogen-bond acceptors (Lipinski definition) is 6.